The van der Waals surface area contributed by atoms with Gasteiger partial charge in [0, 0.05) is 6.20 Å². The summed E-state index contributed by atoms with van der Waals surface area (Å²) in [5, 5.41) is 0. The zero-order chi connectivity index (χ0) is 10.7. The van der Waals surface area contributed by atoms with Crippen molar-refractivity contribution in [1.82, 2.24) is 19.9 Å². The highest BCUT2D eigenvalue weighted by atomic mass is 16.5. The number of nitrogens with zero attached hydrogens (tertiary/aromatic N) is 4. The molecule has 5 nitrogen and oxygen atoms in total. The standard InChI is InChI=1S/C10H9N4O/c1-7-3-13-8(5-12-7)9-4-11-6-10(14-9)15-2/h3,5-6H,1-2H3. The van der Waals surface area contributed by atoms with Crippen LogP contribution in [0.1, 0.15) is 5.69 Å². The fourth-order valence-electron chi connectivity index (χ4n) is 1.04. The first-order valence-corrected chi connectivity index (χ1v) is 4.37. The lowest BCUT2D eigenvalue weighted by Gasteiger charge is -2.01. The van der Waals surface area contributed by atoms with Gasteiger partial charge < -0.3 is 4.74 Å². The van der Waals surface area contributed by atoms with Gasteiger partial charge in [0.05, 0.1) is 25.2 Å². The molecule has 0 saturated carbocycles. The first kappa shape index (κ1) is 9.51. The molecule has 2 aromatic rings. The van der Waals surface area contributed by atoms with Gasteiger partial charge >= 0.3 is 0 Å². The molecule has 2 aromatic heterocycles. The molecule has 0 bridgehead atoms. The van der Waals surface area contributed by atoms with E-state index in [1.807, 2.05) is 6.92 Å². The Labute approximate surface area is 87.2 Å². The molecule has 75 valence electrons. The summed E-state index contributed by atoms with van der Waals surface area (Å²) < 4.78 is 4.96. The lowest BCUT2D eigenvalue weighted by molar-refractivity contribution is 0.396. The lowest BCUT2D eigenvalue weighted by Crippen LogP contribution is -1.94. The number of aryl methyl sites for hydroxylation is 1. The molecule has 2 heterocycles. The van der Waals surface area contributed by atoms with Gasteiger partial charge in [0.25, 0.3) is 0 Å². The maximum absolute atomic E-state index is 4.96. The third-order valence-corrected chi connectivity index (χ3v) is 1.80. The molecule has 0 aliphatic heterocycles. The minimum absolute atomic E-state index is 0.436. The topological polar surface area (TPSA) is 60.8 Å². The summed E-state index contributed by atoms with van der Waals surface area (Å²) >= 11 is 0. The third-order valence-electron chi connectivity index (χ3n) is 1.80. The Morgan fingerprint density at radius 3 is 2.73 bits per heavy atom. The summed E-state index contributed by atoms with van der Waals surface area (Å²) in [5.74, 6) is 0.436. The van der Waals surface area contributed by atoms with Crippen molar-refractivity contribution >= 4 is 0 Å². The van der Waals surface area contributed by atoms with Crippen molar-refractivity contribution in [2.75, 3.05) is 7.11 Å². The Hall–Kier alpha value is -2.04. The van der Waals surface area contributed by atoms with Crippen molar-refractivity contribution in [2.24, 2.45) is 0 Å². The van der Waals surface area contributed by atoms with Gasteiger partial charge in [-0.25, -0.2) is 9.97 Å². The Bertz CT molecular complexity index is 455. The molecular weight excluding hydrogens is 192 g/mol. The van der Waals surface area contributed by atoms with Crippen LogP contribution in [0, 0.1) is 13.1 Å². The molecule has 5 heteroatoms. The predicted octanol–water partition coefficient (Wildman–Crippen LogP) is 1.05. The molecule has 15 heavy (non-hydrogen) atoms. The minimum atomic E-state index is 0.436. The number of hydrogen-bond donors (Lipinski definition) is 0. The summed E-state index contributed by atoms with van der Waals surface area (Å²) in [5.41, 5.74) is 2.02. The summed E-state index contributed by atoms with van der Waals surface area (Å²) in [6.07, 6.45) is 7.53. The number of methoxy groups -OCH3 is 1. The number of ether oxygens (including phenoxy) is 1. The van der Waals surface area contributed by atoms with Crippen LogP contribution in [-0.2, 0) is 0 Å². The van der Waals surface area contributed by atoms with Crippen molar-refractivity contribution in [3.63, 3.8) is 0 Å². The van der Waals surface area contributed by atoms with Crippen LogP contribution in [0.2, 0.25) is 0 Å². The average molecular weight is 201 g/mol. The zero-order valence-corrected chi connectivity index (χ0v) is 8.43. The molecule has 0 aromatic carbocycles. The summed E-state index contributed by atoms with van der Waals surface area (Å²) in [6.45, 7) is 1.87. The van der Waals surface area contributed by atoms with Crippen LogP contribution < -0.4 is 4.74 Å². The Kier molecular flexibility index (Phi) is 2.53. The van der Waals surface area contributed by atoms with Gasteiger partial charge in [-0.2, -0.15) is 0 Å². The molecular formula is C10H9N4O. The average Bonchev–Trinajstić information content (AvgIpc) is 2.30. The fourth-order valence-corrected chi connectivity index (χ4v) is 1.04. The number of rotatable bonds is 2. The first-order chi connectivity index (χ1) is 7.29. The van der Waals surface area contributed by atoms with E-state index in [1.54, 1.807) is 12.4 Å². The van der Waals surface area contributed by atoms with E-state index in [0.29, 0.717) is 17.3 Å². The summed E-state index contributed by atoms with van der Waals surface area (Å²) in [7, 11) is 1.54. The summed E-state index contributed by atoms with van der Waals surface area (Å²) in [6, 6.07) is 0. The van der Waals surface area contributed by atoms with Gasteiger partial charge in [-0.05, 0) is 6.92 Å². The van der Waals surface area contributed by atoms with Crippen molar-refractivity contribution < 1.29 is 4.74 Å². The monoisotopic (exact) mass is 201 g/mol. The quantitative estimate of drug-likeness (QED) is 0.726. The maximum atomic E-state index is 4.96. The zero-order valence-electron chi connectivity index (χ0n) is 8.43. The Morgan fingerprint density at radius 2 is 2.07 bits per heavy atom. The van der Waals surface area contributed by atoms with Crippen molar-refractivity contribution in [1.29, 1.82) is 0 Å². The molecule has 0 aliphatic carbocycles. The van der Waals surface area contributed by atoms with Crippen LogP contribution in [0.4, 0.5) is 0 Å². The van der Waals surface area contributed by atoms with Gasteiger partial charge in [-0.1, -0.05) is 0 Å². The van der Waals surface area contributed by atoms with E-state index < -0.39 is 0 Å². The van der Waals surface area contributed by atoms with E-state index >= 15 is 0 Å². The van der Waals surface area contributed by atoms with Crippen LogP contribution in [0.3, 0.4) is 0 Å². The minimum Gasteiger partial charge on any atom is -0.480 e. The smallest absolute Gasteiger partial charge is 0.232 e. The van der Waals surface area contributed by atoms with E-state index in [9.17, 15) is 0 Å². The van der Waals surface area contributed by atoms with Gasteiger partial charge in [-0.3, -0.25) is 9.97 Å². The lowest BCUT2D eigenvalue weighted by atomic mass is 10.3. The molecule has 1 radical (unpaired) electrons. The van der Waals surface area contributed by atoms with Crippen LogP contribution in [-0.4, -0.2) is 27.0 Å². The van der Waals surface area contributed by atoms with Crippen molar-refractivity contribution in [3.05, 3.63) is 30.5 Å². The molecule has 0 atom stereocenters. The predicted molar refractivity (Wildman–Crippen MR) is 53.2 cm³/mol. The Morgan fingerprint density at radius 1 is 1.20 bits per heavy atom. The highest BCUT2D eigenvalue weighted by Gasteiger charge is 2.04. The summed E-state index contributed by atoms with van der Waals surface area (Å²) in [4.78, 5) is 16.3. The SMILES string of the molecule is COc1cn[c]c(-c2cnc(C)cn2)n1. The highest BCUT2D eigenvalue weighted by molar-refractivity contribution is 5.50. The van der Waals surface area contributed by atoms with Crippen LogP contribution in [0.15, 0.2) is 18.6 Å². The molecule has 0 spiro atoms. The third kappa shape index (κ3) is 2.07. The van der Waals surface area contributed by atoms with Gasteiger partial charge in [-0.15, -0.1) is 0 Å². The van der Waals surface area contributed by atoms with Crippen LogP contribution in [0.25, 0.3) is 11.4 Å². The molecule has 0 saturated heterocycles. The van der Waals surface area contributed by atoms with E-state index in [0.717, 1.165) is 5.69 Å². The number of hydrogen-bond acceptors (Lipinski definition) is 5. The molecule has 0 fully saturated rings. The maximum Gasteiger partial charge on any atom is 0.232 e. The Balaban J connectivity index is 2.40. The van der Waals surface area contributed by atoms with Crippen molar-refractivity contribution in [3.8, 4) is 17.3 Å². The second-order valence-electron chi connectivity index (χ2n) is 2.92. The van der Waals surface area contributed by atoms with E-state index in [2.05, 4.69) is 26.1 Å². The van der Waals surface area contributed by atoms with Gasteiger partial charge in [0.2, 0.25) is 5.88 Å². The second-order valence-corrected chi connectivity index (χ2v) is 2.92. The van der Waals surface area contributed by atoms with Gasteiger partial charge in [0.15, 0.2) is 0 Å². The van der Waals surface area contributed by atoms with E-state index in [4.69, 9.17) is 4.74 Å². The van der Waals surface area contributed by atoms with Crippen LogP contribution >= 0.6 is 0 Å². The molecule has 2 rings (SSSR count). The second kappa shape index (κ2) is 4.00. The molecule has 0 unspecified atom stereocenters. The molecule has 0 aliphatic rings. The largest absolute Gasteiger partial charge is 0.480 e. The first-order valence-electron chi connectivity index (χ1n) is 4.37. The normalized spacial score (nSPS) is 10.0. The van der Waals surface area contributed by atoms with E-state index in [-0.39, 0.29) is 0 Å². The van der Waals surface area contributed by atoms with E-state index in [1.165, 1.54) is 13.3 Å². The van der Waals surface area contributed by atoms with Crippen LogP contribution in [0.5, 0.6) is 5.88 Å². The molecule has 0 amide bonds. The highest BCUT2D eigenvalue weighted by Crippen LogP contribution is 2.14. The number of aromatic nitrogens is 4. The molecule has 0 N–H and O–H groups in total. The fraction of sp³-hybridized carbons (Fsp3) is 0.200. The van der Waals surface area contributed by atoms with Gasteiger partial charge in [0.1, 0.15) is 17.6 Å². The van der Waals surface area contributed by atoms with Crippen molar-refractivity contribution in [2.45, 2.75) is 6.92 Å².